The fourth-order valence-corrected chi connectivity index (χ4v) is 3.14. The first-order chi connectivity index (χ1) is 10.2. The summed E-state index contributed by atoms with van der Waals surface area (Å²) in [6.45, 7) is 2.68. The largest absolute Gasteiger partial charge is 0.333 e. The predicted octanol–water partition coefficient (Wildman–Crippen LogP) is 3.88. The third-order valence-corrected chi connectivity index (χ3v) is 4.22. The van der Waals surface area contributed by atoms with E-state index < -0.39 is 0 Å². The van der Waals surface area contributed by atoms with Crippen LogP contribution in [0.2, 0.25) is 0 Å². The molecule has 0 aliphatic rings. The maximum Gasteiger partial charge on any atom is 0.171 e. The standard InChI is InChI=1S/C16H16FN3S/c1-10-3-5-13-14(7-10)20-16(19-13)21-15-6-4-12(17)8-11(15)9-18-2/h3-8,18H,9H2,1-2H3,(H,19,20). The van der Waals surface area contributed by atoms with Crippen LogP contribution in [0.3, 0.4) is 0 Å². The van der Waals surface area contributed by atoms with Crippen molar-refractivity contribution in [3.63, 3.8) is 0 Å². The van der Waals surface area contributed by atoms with Crippen molar-refractivity contribution in [2.75, 3.05) is 7.05 Å². The van der Waals surface area contributed by atoms with E-state index in [-0.39, 0.29) is 5.82 Å². The second-order valence-electron chi connectivity index (χ2n) is 4.95. The number of nitrogens with one attached hydrogen (secondary N) is 2. The van der Waals surface area contributed by atoms with Gasteiger partial charge in [-0.1, -0.05) is 17.8 Å². The number of H-pyrrole nitrogens is 1. The third-order valence-electron chi connectivity index (χ3n) is 3.21. The zero-order valence-electron chi connectivity index (χ0n) is 11.9. The van der Waals surface area contributed by atoms with E-state index in [2.05, 4.69) is 28.3 Å². The van der Waals surface area contributed by atoms with E-state index in [1.165, 1.54) is 23.4 Å². The molecule has 3 rings (SSSR count). The van der Waals surface area contributed by atoms with E-state index in [4.69, 9.17) is 0 Å². The molecule has 108 valence electrons. The molecular weight excluding hydrogens is 285 g/mol. The van der Waals surface area contributed by atoms with Gasteiger partial charge in [-0.2, -0.15) is 0 Å². The summed E-state index contributed by atoms with van der Waals surface area (Å²) in [5.74, 6) is -0.218. The highest BCUT2D eigenvalue weighted by Crippen LogP contribution is 2.30. The van der Waals surface area contributed by atoms with Crippen LogP contribution < -0.4 is 5.32 Å². The molecule has 3 aromatic rings. The van der Waals surface area contributed by atoms with E-state index in [1.807, 2.05) is 19.2 Å². The molecule has 0 aliphatic heterocycles. The zero-order valence-corrected chi connectivity index (χ0v) is 12.7. The molecule has 2 aromatic carbocycles. The number of nitrogens with zero attached hydrogens (tertiary/aromatic N) is 1. The van der Waals surface area contributed by atoms with Gasteiger partial charge in [0, 0.05) is 11.4 Å². The molecule has 0 amide bonds. The summed E-state index contributed by atoms with van der Waals surface area (Å²) >= 11 is 1.52. The fraction of sp³-hybridized carbons (Fsp3) is 0.188. The molecular formula is C16H16FN3S. The first-order valence-corrected chi connectivity index (χ1v) is 7.54. The minimum Gasteiger partial charge on any atom is -0.333 e. The van der Waals surface area contributed by atoms with Crippen molar-refractivity contribution in [3.05, 3.63) is 53.3 Å². The van der Waals surface area contributed by atoms with Gasteiger partial charge < -0.3 is 10.3 Å². The number of hydrogen-bond donors (Lipinski definition) is 2. The number of rotatable bonds is 4. The van der Waals surface area contributed by atoms with Crippen molar-refractivity contribution in [3.8, 4) is 0 Å². The first-order valence-electron chi connectivity index (χ1n) is 6.73. The summed E-state index contributed by atoms with van der Waals surface area (Å²) in [6.07, 6.45) is 0. The van der Waals surface area contributed by atoms with Crippen LogP contribution in [-0.2, 0) is 6.54 Å². The molecule has 1 heterocycles. The van der Waals surface area contributed by atoms with E-state index >= 15 is 0 Å². The smallest absolute Gasteiger partial charge is 0.171 e. The summed E-state index contributed by atoms with van der Waals surface area (Å²) in [6, 6.07) is 11.0. The van der Waals surface area contributed by atoms with Crippen LogP contribution in [0.25, 0.3) is 11.0 Å². The SMILES string of the molecule is CNCc1cc(F)ccc1Sc1nc2ccc(C)cc2[nH]1. The average Bonchev–Trinajstić information content (AvgIpc) is 2.83. The van der Waals surface area contributed by atoms with Gasteiger partial charge in [-0.3, -0.25) is 0 Å². The first kappa shape index (κ1) is 14.1. The Bertz CT molecular complexity index is 782. The number of fused-ring (bicyclic) bond motifs is 1. The lowest BCUT2D eigenvalue weighted by Crippen LogP contribution is -2.06. The Labute approximate surface area is 127 Å². The van der Waals surface area contributed by atoms with Crippen molar-refractivity contribution in [2.24, 2.45) is 0 Å². The molecule has 0 fully saturated rings. The molecule has 0 aliphatic carbocycles. The molecule has 3 nitrogen and oxygen atoms in total. The van der Waals surface area contributed by atoms with Crippen molar-refractivity contribution in [1.82, 2.24) is 15.3 Å². The van der Waals surface area contributed by atoms with Crippen LogP contribution in [0.5, 0.6) is 0 Å². The van der Waals surface area contributed by atoms with Crippen molar-refractivity contribution >= 4 is 22.8 Å². The molecule has 2 N–H and O–H groups in total. The molecule has 0 atom stereocenters. The number of imidazole rings is 1. The van der Waals surface area contributed by atoms with Gasteiger partial charge >= 0.3 is 0 Å². The highest BCUT2D eigenvalue weighted by Gasteiger charge is 2.09. The molecule has 5 heteroatoms. The quantitative estimate of drug-likeness (QED) is 0.768. The van der Waals surface area contributed by atoms with Crippen molar-refractivity contribution in [2.45, 2.75) is 23.5 Å². The molecule has 0 saturated heterocycles. The summed E-state index contributed by atoms with van der Waals surface area (Å²) in [5, 5.41) is 3.88. The monoisotopic (exact) mass is 301 g/mol. The highest BCUT2D eigenvalue weighted by atomic mass is 32.2. The Morgan fingerprint density at radius 1 is 1.24 bits per heavy atom. The molecule has 0 saturated carbocycles. The zero-order chi connectivity index (χ0) is 14.8. The van der Waals surface area contributed by atoms with Gasteiger partial charge in [0.05, 0.1) is 11.0 Å². The molecule has 0 bridgehead atoms. The van der Waals surface area contributed by atoms with Gasteiger partial charge in [0.25, 0.3) is 0 Å². The molecule has 1 aromatic heterocycles. The summed E-state index contributed by atoms with van der Waals surface area (Å²) in [5.41, 5.74) is 4.09. The Kier molecular flexibility index (Phi) is 3.94. The lowest BCUT2D eigenvalue weighted by molar-refractivity contribution is 0.621. The van der Waals surface area contributed by atoms with Crippen LogP contribution in [0.15, 0.2) is 46.5 Å². The van der Waals surface area contributed by atoms with Gasteiger partial charge in [-0.25, -0.2) is 9.37 Å². The molecule has 0 unspecified atom stereocenters. The topological polar surface area (TPSA) is 40.7 Å². The normalized spacial score (nSPS) is 11.2. The Morgan fingerprint density at radius 2 is 2.10 bits per heavy atom. The number of hydrogen-bond acceptors (Lipinski definition) is 3. The van der Waals surface area contributed by atoms with Gasteiger partial charge in [0.2, 0.25) is 0 Å². The van der Waals surface area contributed by atoms with Crippen molar-refractivity contribution in [1.29, 1.82) is 0 Å². The van der Waals surface area contributed by atoms with Crippen molar-refractivity contribution < 1.29 is 4.39 Å². The van der Waals surface area contributed by atoms with E-state index in [1.54, 1.807) is 12.1 Å². The molecule has 0 spiro atoms. The Balaban J connectivity index is 1.94. The fourth-order valence-electron chi connectivity index (χ4n) is 2.23. The second-order valence-corrected chi connectivity index (χ2v) is 5.98. The maximum absolute atomic E-state index is 13.4. The molecule has 0 radical (unpaired) electrons. The van der Waals surface area contributed by atoms with Gasteiger partial charge in [-0.15, -0.1) is 0 Å². The maximum atomic E-state index is 13.4. The molecule has 21 heavy (non-hydrogen) atoms. The van der Waals surface area contributed by atoms with Crippen LogP contribution in [0.4, 0.5) is 4.39 Å². The second kappa shape index (κ2) is 5.87. The lowest BCUT2D eigenvalue weighted by Gasteiger charge is -2.07. The van der Waals surface area contributed by atoms with Gasteiger partial charge in [-0.05, 0) is 55.4 Å². The number of aromatic nitrogens is 2. The summed E-state index contributed by atoms with van der Waals surface area (Å²) < 4.78 is 13.4. The number of benzene rings is 2. The van der Waals surface area contributed by atoms with Crippen LogP contribution >= 0.6 is 11.8 Å². The van der Waals surface area contributed by atoms with Gasteiger partial charge in [0.15, 0.2) is 5.16 Å². The third kappa shape index (κ3) is 3.09. The van der Waals surface area contributed by atoms with E-state index in [9.17, 15) is 4.39 Å². The lowest BCUT2D eigenvalue weighted by atomic mass is 10.2. The van der Waals surface area contributed by atoms with Crippen LogP contribution in [0.1, 0.15) is 11.1 Å². The summed E-state index contributed by atoms with van der Waals surface area (Å²) in [4.78, 5) is 8.87. The number of aromatic amines is 1. The van der Waals surface area contributed by atoms with E-state index in [0.29, 0.717) is 6.54 Å². The minimum atomic E-state index is -0.218. The highest BCUT2D eigenvalue weighted by molar-refractivity contribution is 7.99. The number of halogens is 1. The van der Waals surface area contributed by atoms with Crippen LogP contribution in [0, 0.1) is 12.7 Å². The Morgan fingerprint density at radius 3 is 2.90 bits per heavy atom. The average molecular weight is 301 g/mol. The van der Waals surface area contributed by atoms with Crippen LogP contribution in [-0.4, -0.2) is 17.0 Å². The number of aryl methyl sites for hydroxylation is 1. The summed E-state index contributed by atoms with van der Waals surface area (Å²) in [7, 11) is 1.85. The van der Waals surface area contributed by atoms with Gasteiger partial charge in [0.1, 0.15) is 5.82 Å². The van der Waals surface area contributed by atoms with E-state index in [0.717, 1.165) is 26.6 Å². The predicted molar refractivity (Wildman–Crippen MR) is 84.1 cm³/mol. The Hall–Kier alpha value is -1.85. The minimum absolute atomic E-state index is 0.218.